The Bertz CT molecular complexity index is 422. The molecule has 5 heteroatoms. The van der Waals surface area contributed by atoms with Crippen LogP contribution in [-0.2, 0) is 0 Å². The third kappa shape index (κ3) is 3.15. The van der Waals surface area contributed by atoms with Crippen LogP contribution in [0, 0.1) is 0 Å². The van der Waals surface area contributed by atoms with E-state index in [-0.39, 0.29) is 5.54 Å². The number of hydrogen-bond donors (Lipinski definition) is 3. The van der Waals surface area contributed by atoms with Gasteiger partial charge in [0.1, 0.15) is 0 Å². The lowest BCUT2D eigenvalue weighted by Gasteiger charge is -2.32. The van der Waals surface area contributed by atoms with E-state index < -0.39 is 5.91 Å². The summed E-state index contributed by atoms with van der Waals surface area (Å²) in [6.07, 6.45) is 1.82. The zero-order chi connectivity index (χ0) is 13.8. The lowest BCUT2D eigenvalue weighted by molar-refractivity contribution is 0.100. The average molecular weight is 270 g/mol. The predicted molar refractivity (Wildman–Crippen MR) is 76.0 cm³/mol. The van der Waals surface area contributed by atoms with Crippen LogP contribution in [0.15, 0.2) is 18.2 Å². The van der Waals surface area contributed by atoms with Gasteiger partial charge in [-0.1, -0.05) is 25.4 Å². The first kappa shape index (κ1) is 14.8. The third-order valence-corrected chi connectivity index (χ3v) is 3.70. The molecule has 0 aliphatic carbocycles. The van der Waals surface area contributed by atoms with Crippen LogP contribution >= 0.6 is 11.6 Å². The van der Waals surface area contributed by atoms with Crippen molar-refractivity contribution < 1.29 is 4.79 Å². The first-order valence-electron chi connectivity index (χ1n) is 6.05. The van der Waals surface area contributed by atoms with Crippen molar-refractivity contribution in [3.8, 4) is 0 Å². The van der Waals surface area contributed by atoms with E-state index in [2.05, 4.69) is 19.2 Å². The van der Waals surface area contributed by atoms with Crippen molar-refractivity contribution in [3.05, 3.63) is 28.8 Å². The van der Waals surface area contributed by atoms with Crippen LogP contribution < -0.4 is 16.8 Å². The molecular formula is C13H20ClN3O. The topological polar surface area (TPSA) is 81.1 Å². The van der Waals surface area contributed by atoms with E-state index in [1.807, 2.05) is 0 Å². The van der Waals surface area contributed by atoms with Gasteiger partial charge in [-0.2, -0.15) is 0 Å². The first-order valence-corrected chi connectivity index (χ1v) is 6.43. The zero-order valence-electron chi connectivity index (χ0n) is 10.8. The second kappa shape index (κ2) is 6.07. The van der Waals surface area contributed by atoms with Gasteiger partial charge in [-0.15, -0.1) is 0 Å². The van der Waals surface area contributed by atoms with Gasteiger partial charge in [-0.3, -0.25) is 4.79 Å². The summed E-state index contributed by atoms with van der Waals surface area (Å²) >= 11 is 6.01. The quantitative estimate of drug-likeness (QED) is 0.742. The Morgan fingerprint density at radius 3 is 2.39 bits per heavy atom. The molecule has 4 nitrogen and oxygen atoms in total. The molecule has 0 saturated heterocycles. The highest BCUT2D eigenvalue weighted by Crippen LogP contribution is 2.25. The van der Waals surface area contributed by atoms with Crippen molar-refractivity contribution in [2.45, 2.75) is 32.2 Å². The Morgan fingerprint density at radius 1 is 1.39 bits per heavy atom. The molecule has 0 aromatic heterocycles. The second-order valence-corrected chi connectivity index (χ2v) is 4.78. The molecule has 0 aliphatic rings. The Morgan fingerprint density at radius 2 is 2.00 bits per heavy atom. The van der Waals surface area contributed by atoms with Crippen molar-refractivity contribution in [1.29, 1.82) is 0 Å². The van der Waals surface area contributed by atoms with Crippen LogP contribution in [0.1, 0.15) is 37.0 Å². The van der Waals surface area contributed by atoms with Crippen molar-refractivity contribution >= 4 is 23.2 Å². The maximum absolute atomic E-state index is 11.1. The molecule has 0 fully saturated rings. The summed E-state index contributed by atoms with van der Waals surface area (Å²) in [5.74, 6) is -0.525. The first-order chi connectivity index (χ1) is 8.48. The van der Waals surface area contributed by atoms with E-state index in [0.717, 1.165) is 18.5 Å². The minimum atomic E-state index is -0.525. The molecule has 1 amide bonds. The highest BCUT2D eigenvalue weighted by Gasteiger charge is 2.24. The van der Waals surface area contributed by atoms with Crippen LogP contribution in [0.4, 0.5) is 5.69 Å². The second-order valence-electron chi connectivity index (χ2n) is 4.38. The molecule has 0 unspecified atom stereocenters. The Labute approximate surface area is 113 Å². The normalized spacial score (nSPS) is 11.3. The predicted octanol–water partition coefficient (Wildman–Crippen LogP) is 2.37. The van der Waals surface area contributed by atoms with Crippen molar-refractivity contribution in [1.82, 2.24) is 0 Å². The molecule has 0 aliphatic heterocycles. The summed E-state index contributed by atoms with van der Waals surface area (Å²) in [5.41, 5.74) is 12.1. The van der Waals surface area contributed by atoms with E-state index in [9.17, 15) is 4.79 Å². The molecule has 0 saturated carbocycles. The van der Waals surface area contributed by atoms with Gasteiger partial charge in [0.05, 0.1) is 10.6 Å². The smallest absolute Gasteiger partial charge is 0.250 e. The molecule has 5 N–H and O–H groups in total. The van der Waals surface area contributed by atoms with Crippen molar-refractivity contribution in [2.75, 3.05) is 11.9 Å². The molecule has 100 valence electrons. The highest BCUT2D eigenvalue weighted by atomic mass is 35.5. The number of benzene rings is 1. The average Bonchev–Trinajstić information content (AvgIpc) is 2.36. The molecule has 0 radical (unpaired) electrons. The van der Waals surface area contributed by atoms with Crippen molar-refractivity contribution in [2.24, 2.45) is 11.5 Å². The van der Waals surface area contributed by atoms with E-state index in [4.69, 9.17) is 23.1 Å². The highest BCUT2D eigenvalue weighted by molar-refractivity contribution is 6.34. The minimum Gasteiger partial charge on any atom is -0.378 e. The Kier molecular flexibility index (Phi) is 4.99. The maximum Gasteiger partial charge on any atom is 0.250 e. The van der Waals surface area contributed by atoms with Gasteiger partial charge in [-0.25, -0.2) is 0 Å². The zero-order valence-corrected chi connectivity index (χ0v) is 11.6. The molecule has 1 aromatic rings. The summed E-state index contributed by atoms with van der Waals surface area (Å²) in [5, 5.41) is 3.74. The van der Waals surface area contributed by atoms with E-state index in [1.54, 1.807) is 18.2 Å². The lowest BCUT2D eigenvalue weighted by Crippen LogP contribution is -2.44. The molecule has 0 bridgehead atoms. The largest absolute Gasteiger partial charge is 0.378 e. The summed E-state index contributed by atoms with van der Waals surface area (Å²) < 4.78 is 0. The van der Waals surface area contributed by atoms with Crippen LogP contribution in [0.25, 0.3) is 0 Å². The summed E-state index contributed by atoms with van der Waals surface area (Å²) in [7, 11) is 0. The maximum atomic E-state index is 11.1. The van der Waals surface area contributed by atoms with Gasteiger partial charge in [0.25, 0.3) is 0 Å². The third-order valence-electron chi connectivity index (χ3n) is 3.39. The molecule has 1 aromatic carbocycles. The molecule has 0 atom stereocenters. The fourth-order valence-electron chi connectivity index (χ4n) is 1.87. The van der Waals surface area contributed by atoms with Gasteiger partial charge >= 0.3 is 0 Å². The van der Waals surface area contributed by atoms with Crippen LogP contribution in [0.3, 0.4) is 0 Å². The molecular weight excluding hydrogens is 250 g/mol. The number of carbonyl (C=O) groups is 1. The van der Waals surface area contributed by atoms with Crippen LogP contribution in [-0.4, -0.2) is 18.0 Å². The fraction of sp³-hybridized carbons (Fsp3) is 0.462. The number of hydrogen-bond acceptors (Lipinski definition) is 3. The lowest BCUT2D eigenvalue weighted by atomic mass is 9.92. The number of rotatable bonds is 6. The number of anilines is 1. The number of carbonyl (C=O) groups excluding carboxylic acids is 1. The fourth-order valence-corrected chi connectivity index (χ4v) is 2.14. The van der Waals surface area contributed by atoms with Gasteiger partial charge in [0.15, 0.2) is 0 Å². The Hall–Kier alpha value is -1.26. The van der Waals surface area contributed by atoms with Crippen molar-refractivity contribution in [3.63, 3.8) is 0 Å². The van der Waals surface area contributed by atoms with Gasteiger partial charge in [0, 0.05) is 17.8 Å². The summed E-state index contributed by atoms with van der Waals surface area (Å²) in [6, 6.07) is 5.12. The standard InChI is InChI=1S/C13H20ClN3O/c1-3-13(4-2,8-15)17-9-5-6-10(12(16)18)11(14)7-9/h5-7,17H,3-4,8,15H2,1-2H3,(H2,16,18). The minimum absolute atomic E-state index is 0.141. The summed E-state index contributed by atoms with van der Waals surface area (Å²) in [6.45, 7) is 4.71. The van der Waals surface area contributed by atoms with Gasteiger partial charge in [-0.05, 0) is 31.0 Å². The number of primary amides is 1. The Balaban J connectivity index is 2.98. The summed E-state index contributed by atoms with van der Waals surface area (Å²) in [4.78, 5) is 11.1. The van der Waals surface area contributed by atoms with Gasteiger partial charge < -0.3 is 16.8 Å². The molecule has 0 spiro atoms. The van der Waals surface area contributed by atoms with Crippen LogP contribution in [0.2, 0.25) is 5.02 Å². The number of nitrogens with one attached hydrogen (secondary N) is 1. The number of halogens is 1. The van der Waals surface area contributed by atoms with Gasteiger partial charge in [0.2, 0.25) is 5.91 Å². The van der Waals surface area contributed by atoms with E-state index in [0.29, 0.717) is 17.1 Å². The molecule has 0 heterocycles. The molecule has 18 heavy (non-hydrogen) atoms. The number of nitrogens with two attached hydrogens (primary N) is 2. The SMILES string of the molecule is CCC(CC)(CN)Nc1ccc(C(N)=O)c(Cl)c1. The van der Waals surface area contributed by atoms with E-state index in [1.165, 1.54) is 0 Å². The monoisotopic (exact) mass is 269 g/mol. The van der Waals surface area contributed by atoms with E-state index >= 15 is 0 Å². The number of amides is 1. The van der Waals surface area contributed by atoms with Crippen LogP contribution in [0.5, 0.6) is 0 Å². The molecule has 1 rings (SSSR count).